The molecule has 0 N–H and O–H groups in total. The van der Waals surface area contributed by atoms with E-state index in [0.717, 1.165) is 6.07 Å². The summed E-state index contributed by atoms with van der Waals surface area (Å²) in [4.78, 5) is 14.3. The van der Waals surface area contributed by atoms with E-state index in [0.29, 0.717) is 9.79 Å². The zero-order valence-electron chi connectivity index (χ0n) is 17.9. The molecule has 0 atom stereocenters. The molecule has 0 radical (unpaired) electrons. The Hall–Kier alpha value is -3.15. The first kappa shape index (κ1) is 27.4. The number of hydrogen-bond donors (Lipinski definition) is 0. The number of esters is 1. The fourth-order valence-corrected chi connectivity index (χ4v) is 5.27. The van der Waals surface area contributed by atoms with Crippen molar-refractivity contribution in [1.29, 1.82) is 0 Å². The zero-order valence-corrected chi connectivity index (χ0v) is 18.7. The Morgan fingerprint density at radius 3 is 1.56 bits per heavy atom. The van der Waals surface area contributed by atoms with Crippen LogP contribution in [0.5, 0.6) is 0 Å². The summed E-state index contributed by atoms with van der Waals surface area (Å²) in [6.07, 6.45) is -6.96. The lowest BCUT2D eigenvalue weighted by Crippen LogP contribution is -2.62. The van der Waals surface area contributed by atoms with Crippen molar-refractivity contribution < 1.29 is 49.0 Å². The third-order valence-electron chi connectivity index (χ3n) is 4.88. The molecule has 0 spiro atoms. The maximum absolute atomic E-state index is 13.9. The van der Waals surface area contributed by atoms with Crippen LogP contribution in [-0.4, -0.2) is 36.5 Å². The summed E-state index contributed by atoms with van der Waals surface area (Å²) in [7, 11) is -1.02. The van der Waals surface area contributed by atoms with Crippen molar-refractivity contribution in [2.45, 2.75) is 38.6 Å². The van der Waals surface area contributed by atoms with Gasteiger partial charge in [-0.3, -0.25) is 0 Å². The average Bonchev–Trinajstić information content (AvgIpc) is 2.83. The van der Waals surface area contributed by atoms with Gasteiger partial charge in [-0.1, -0.05) is 48.5 Å². The van der Waals surface area contributed by atoms with Crippen molar-refractivity contribution in [1.82, 2.24) is 0 Å². The first-order valence-electron chi connectivity index (χ1n) is 10.0. The Morgan fingerprint density at radius 2 is 1.08 bits per heavy atom. The zero-order chi connectivity index (χ0) is 26.8. The molecule has 0 bridgehead atoms. The van der Waals surface area contributed by atoms with Crippen LogP contribution in [0.1, 0.15) is 10.4 Å². The molecule has 3 aromatic carbocycles. The van der Waals surface area contributed by atoms with Crippen LogP contribution >= 0.6 is 0 Å². The van der Waals surface area contributed by atoms with Crippen molar-refractivity contribution >= 4 is 16.9 Å². The summed E-state index contributed by atoms with van der Waals surface area (Å²) in [5.74, 6) is -21.6. The Bertz CT molecular complexity index is 1140. The molecule has 3 rings (SSSR count). The molecule has 12 heteroatoms. The average molecular weight is 539 g/mol. The minimum absolute atomic E-state index is 0.232. The van der Waals surface area contributed by atoms with Gasteiger partial charge in [-0.2, -0.15) is 39.5 Å². The van der Waals surface area contributed by atoms with Crippen molar-refractivity contribution in [2.24, 2.45) is 0 Å². The molecule has 0 amide bonds. The molecular formula is C24H16F9O2S+. The van der Waals surface area contributed by atoms with Gasteiger partial charge in [-0.25, -0.2) is 4.79 Å². The maximum atomic E-state index is 13.9. The molecule has 36 heavy (non-hydrogen) atoms. The molecule has 0 aliphatic rings. The molecule has 0 aliphatic heterocycles. The van der Waals surface area contributed by atoms with Gasteiger partial charge in [-0.15, -0.1) is 0 Å². The lowest BCUT2D eigenvalue weighted by molar-refractivity contribution is -0.398. The molecule has 0 unspecified atom stereocenters. The first-order chi connectivity index (χ1) is 16.7. The summed E-state index contributed by atoms with van der Waals surface area (Å²) in [6, 6.07) is 22.7. The van der Waals surface area contributed by atoms with Crippen molar-refractivity contribution in [3.63, 3.8) is 0 Å². The minimum atomic E-state index is -7.07. The lowest BCUT2D eigenvalue weighted by Gasteiger charge is -2.33. The second kappa shape index (κ2) is 10.1. The standard InChI is InChI=1S/C24H16F9O2S/c25-21(26,22(27,28)23(29,30)24(31,32)33)15-35-20(34)18-13-7-8-14-19(18)36(16-9-3-1-4-10-16)17-11-5-2-6-12-17/h1-14H,15H2/q+1. The van der Waals surface area contributed by atoms with Gasteiger partial charge in [0.15, 0.2) is 21.3 Å². The van der Waals surface area contributed by atoms with Crippen LogP contribution in [0.15, 0.2) is 99.6 Å². The van der Waals surface area contributed by atoms with E-state index in [4.69, 9.17) is 0 Å². The number of carbonyl (C=O) groups excluding carboxylic acids is 1. The monoisotopic (exact) mass is 539 g/mol. The molecule has 0 saturated heterocycles. The summed E-state index contributed by atoms with van der Waals surface area (Å²) in [6.45, 7) is -2.71. The Labute approximate surface area is 202 Å². The van der Waals surface area contributed by atoms with E-state index >= 15 is 0 Å². The molecular weight excluding hydrogens is 523 g/mol. The highest BCUT2D eigenvalue weighted by Gasteiger charge is 2.82. The third-order valence-corrected chi connectivity index (χ3v) is 7.16. The highest BCUT2D eigenvalue weighted by molar-refractivity contribution is 7.97. The lowest BCUT2D eigenvalue weighted by atomic mass is 10.0. The number of carbonyl (C=O) groups is 1. The normalized spacial score (nSPS) is 13.1. The second-order valence-electron chi connectivity index (χ2n) is 7.36. The Morgan fingerprint density at radius 1 is 0.639 bits per heavy atom. The molecule has 0 heterocycles. The van der Waals surface area contributed by atoms with Crippen LogP contribution in [0, 0.1) is 0 Å². The molecule has 192 valence electrons. The number of benzene rings is 3. The molecule has 0 aromatic heterocycles. The van der Waals surface area contributed by atoms with E-state index < -0.39 is 47.4 Å². The van der Waals surface area contributed by atoms with E-state index in [1.54, 1.807) is 60.7 Å². The quantitative estimate of drug-likeness (QED) is 0.169. The van der Waals surface area contributed by atoms with Gasteiger partial charge in [0.2, 0.25) is 0 Å². The molecule has 0 aliphatic carbocycles. The van der Waals surface area contributed by atoms with Gasteiger partial charge in [0.05, 0.1) is 0 Å². The predicted octanol–water partition coefficient (Wildman–Crippen LogP) is 7.41. The summed E-state index contributed by atoms with van der Waals surface area (Å²) < 4.78 is 122. The number of hydrogen-bond acceptors (Lipinski definition) is 2. The van der Waals surface area contributed by atoms with Gasteiger partial charge in [0, 0.05) is 0 Å². The summed E-state index contributed by atoms with van der Waals surface area (Å²) in [5, 5.41) is 0. The van der Waals surface area contributed by atoms with Crippen LogP contribution in [-0.2, 0) is 15.6 Å². The van der Waals surface area contributed by atoms with Gasteiger partial charge >= 0.3 is 29.9 Å². The molecule has 3 aromatic rings. The number of alkyl halides is 9. The van der Waals surface area contributed by atoms with Gasteiger partial charge in [0.1, 0.15) is 16.5 Å². The van der Waals surface area contributed by atoms with Crippen molar-refractivity contribution in [3.05, 3.63) is 90.5 Å². The van der Waals surface area contributed by atoms with Gasteiger partial charge < -0.3 is 4.74 Å². The first-order valence-corrected chi connectivity index (χ1v) is 11.2. The van der Waals surface area contributed by atoms with Crippen molar-refractivity contribution in [2.75, 3.05) is 6.61 Å². The molecule has 0 fully saturated rings. The fourth-order valence-electron chi connectivity index (χ4n) is 3.05. The summed E-state index contributed by atoms with van der Waals surface area (Å²) >= 11 is 0. The van der Waals surface area contributed by atoms with E-state index in [9.17, 15) is 44.3 Å². The minimum Gasteiger partial charge on any atom is -0.455 e. The van der Waals surface area contributed by atoms with E-state index in [1.165, 1.54) is 18.2 Å². The Balaban J connectivity index is 1.95. The third kappa shape index (κ3) is 5.18. The number of ether oxygens (including phenoxy) is 1. The predicted molar refractivity (Wildman–Crippen MR) is 113 cm³/mol. The second-order valence-corrected chi connectivity index (χ2v) is 9.35. The van der Waals surface area contributed by atoms with Crippen LogP contribution in [0.25, 0.3) is 0 Å². The Kier molecular flexibility index (Phi) is 7.68. The van der Waals surface area contributed by atoms with E-state index in [2.05, 4.69) is 4.74 Å². The highest BCUT2D eigenvalue weighted by atomic mass is 32.2. The van der Waals surface area contributed by atoms with Gasteiger partial charge in [0.25, 0.3) is 0 Å². The SMILES string of the molecule is O=C(OCC(F)(F)C(F)(F)C(F)(F)C(F)(F)F)c1ccccc1[S+](c1ccccc1)c1ccccc1. The van der Waals surface area contributed by atoms with Crippen LogP contribution in [0.4, 0.5) is 39.5 Å². The fraction of sp³-hybridized carbons (Fsp3) is 0.208. The van der Waals surface area contributed by atoms with Crippen molar-refractivity contribution in [3.8, 4) is 0 Å². The molecule has 0 saturated carbocycles. The van der Waals surface area contributed by atoms with E-state index in [1.807, 2.05) is 0 Å². The van der Waals surface area contributed by atoms with Crippen LogP contribution in [0.3, 0.4) is 0 Å². The molecule has 2 nitrogen and oxygen atoms in total. The van der Waals surface area contributed by atoms with Crippen LogP contribution < -0.4 is 0 Å². The summed E-state index contributed by atoms with van der Waals surface area (Å²) in [5.41, 5.74) is -0.352. The van der Waals surface area contributed by atoms with Crippen LogP contribution in [0.2, 0.25) is 0 Å². The number of rotatable bonds is 8. The highest BCUT2D eigenvalue weighted by Crippen LogP contribution is 2.53. The topological polar surface area (TPSA) is 26.3 Å². The number of halogens is 9. The van der Waals surface area contributed by atoms with E-state index in [-0.39, 0.29) is 10.5 Å². The largest absolute Gasteiger partial charge is 0.460 e. The maximum Gasteiger partial charge on any atom is 0.460 e. The smallest absolute Gasteiger partial charge is 0.455 e. The van der Waals surface area contributed by atoms with Gasteiger partial charge in [-0.05, 0) is 36.4 Å².